The number of nitro benzene ring substituents is 1. The third-order valence-electron chi connectivity index (χ3n) is 2.65. The summed E-state index contributed by atoms with van der Waals surface area (Å²) < 4.78 is 14.5. The lowest BCUT2D eigenvalue weighted by Crippen LogP contribution is -2.01. The fourth-order valence-corrected chi connectivity index (χ4v) is 2.51. The van der Waals surface area contributed by atoms with Crippen molar-refractivity contribution in [3.05, 3.63) is 66.8 Å². The first-order valence-electron chi connectivity index (χ1n) is 5.59. The molecule has 0 spiro atoms. The van der Waals surface area contributed by atoms with Crippen molar-refractivity contribution < 1.29 is 9.31 Å². The molecule has 104 valence electrons. The van der Waals surface area contributed by atoms with Crippen LogP contribution in [0.5, 0.6) is 0 Å². The summed E-state index contributed by atoms with van der Waals surface area (Å²) in [6.45, 7) is 0.417. The van der Waals surface area contributed by atoms with Crippen LogP contribution in [0.25, 0.3) is 0 Å². The summed E-state index contributed by atoms with van der Waals surface area (Å²) >= 11 is 6.61. The normalized spacial score (nSPS) is 10.3. The van der Waals surface area contributed by atoms with Gasteiger partial charge in [0.1, 0.15) is 5.82 Å². The second-order valence-electron chi connectivity index (χ2n) is 4.01. The van der Waals surface area contributed by atoms with Crippen LogP contribution in [-0.2, 0) is 6.54 Å². The van der Waals surface area contributed by atoms with E-state index in [1.165, 1.54) is 24.3 Å². The quantitative estimate of drug-likeness (QED) is 0.585. The Morgan fingerprint density at radius 2 is 1.90 bits per heavy atom. The molecule has 0 fully saturated rings. The van der Waals surface area contributed by atoms with E-state index in [4.69, 9.17) is 0 Å². The van der Waals surface area contributed by atoms with Gasteiger partial charge < -0.3 is 5.32 Å². The Hall–Kier alpha value is -1.47. The number of nitrogens with one attached hydrogen (secondary N) is 1. The van der Waals surface area contributed by atoms with Crippen LogP contribution in [0.1, 0.15) is 5.56 Å². The van der Waals surface area contributed by atoms with Crippen LogP contribution in [0.2, 0.25) is 0 Å². The molecular formula is C13H9Br2FN2O2. The van der Waals surface area contributed by atoms with Gasteiger partial charge in [-0.1, -0.05) is 15.9 Å². The van der Waals surface area contributed by atoms with E-state index in [1.54, 1.807) is 12.1 Å². The molecule has 0 saturated heterocycles. The average Bonchev–Trinajstić information content (AvgIpc) is 2.40. The Balaban J connectivity index is 2.15. The Bertz CT molecular complexity index is 665. The number of nitro groups is 1. The molecule has 0 aliphatic heterocycles. The highest BCUT2D eigenvalue weighted by Gasteiger charge is 2.09. The third kappa shape index (κ3) is 3.55. The van der Waals surface area contributed by atoms with Crippen molar-refractivity contribution in [2.45, 2.75) is 6.54 Å². The fourth-order valence-electron chi connectivity index (χ4n) is 1.62. The van der Waals surface area contributed by atoms with Crippen LogP contribution in [-0.4, -0.2) is 4.92 Å². The summed E-state index contributed by atoms with van der Waals surface area (Å²) in [6.07, 6.45) is 0. The topological polar surface area (TPSA) is 55.2 Å². The molecule has 0 heterocycles. The van der Waals surface area contributed by atoms with E-state index in [0.717, 1.165) is 10.0 Å². The van der Waals surface area contributed by atoms with Gasteiger partial charge in [0.05, 0.1) is 10.6 Å². The van der Waals surface area contributed by atoms with Crippen molar-refractivity contribution in [1.82, 2.24) is 0 Å². The van der Waals surface area contributed by atoms with E-state index in [0.29, 0.717) is 16.7 Å². The Kier molecular flexibility index (Phi) is 4.72. The SMILES string of the molecule is O=[N+]([O-])c1ccc(CNc2cc(F)ccc2Br)c(Br)c1. The minimum Gasteiger partial charge on any atom is -0.380 e. The average molecular weight is 404 g/mol. The molecule has 7 heteroatoms. The van der Waals surface area contributed by atoms with Gasteiger partial charge in [-0.05, 0) is 45.8 Å². The molecule has 0 aliphatic carbocycles. The fraction of sp³-hybridized carbons (Fsp3) is 0.0769. The molecule has 20 heavy (non-hydrogen) atoms. The summed E-state index contributed by atoms with van der Waals surface area (Å²) in [7, 11) is 0. The molecule has 4 nitrogen and oxygen atoms in total. The molecule has 0 atom stereocenters. The first kappa shape index (κ1) is 14.9. The molecule has 1 N–H and O–H groups in total. The molecule has 0 aliphatic rings. The van der Waals surface area contributed by atoms with Crippen LogP contribution in [0.15, 0.2) is 45.3 Å². The van der Waals surface area contributed by atoms with Gasteiger partial charge in [0.2, 0.25) is 0 Å². The first-order chi connectivity index (χ1) is 9.47. The molecular weight excluding hydrogens is 395 g/mol. The Labute approximate surface area is 131 Å². The van der Waals surface area contributed by atoms with E-state index in [9.17, 15) is 14.5 Å². The standard InChI is InChI=1S/C13H9Br2FN2O2/c14-11-4-2-9(16)5-13(11)17-7-8-1-3-10(18(19)20)6-12(8)15/h1-6,17H,7H2. The predicted molar refractivity (Wildman–Crippen MR) is 82.2 cm³/mol. The lowest BCUT2D eigenvalue weighted by Gasteiger charge is -2.10. The van der Waals surface area contributed by atoms with E-state index in [1.807, 2.05) is 0 Å². The van der Waals surface area contributed by atoms with Crippen LogP contribution >= 0.6 is 31.9 Å². The summed E-state index contributed by atoms with van der Waals surface area (Å²) in [6, 6.07) is 8.88. The number of rotatable bonds is 4. The Morgan fingerprint density at radius 1 is 1.15 bits per heavy atom. The predicted octanol–water partition coefficient (Wildman–Crippen LogP) is 4.87. The maximum atomic E-state index is 13.1. The molecule has 0 aromatic heterocycles. The van der Waals surface area contributed by atoms with Gasteiger partial charge in [-0.25, -0.2) is 4.39 Å². The first-order valence-corrected chi connectivity index (χ1v) is 7.17. The van der Waals surface area contributed by atoms with Crippen molar-refractivity contribution in [2.24, 2.45) is 0 Å². The van der Waals surface area contributed by atoms with Gasteiger partial charge in [0.15, 0.2) is 0 Å². The van der Waals surface area contributed by atoms with Crippen molar-refractivity contribution in [1.29, 1.82) is 0 Å². The van der Waals surface area contributed by atoms with E-state index in [2.05, 4.69) is 37.2 Å². The second kappa shape index (κ2) is 6.32. The number of hydrogen-bond donors (Lipinski definition) is 1. The van der Waals surface area contributed by atoms with E-state index >= 15 is 0 Å². The zero-order valence-electron chi connectivity index (χ0n) is 10.1. The number of halogens is 3. The third-order valence-corrected chi connectivity index (χ3v) is 4.07. The van der Waals surface area contributed by atoms with E-state index in [-0.39, 0.29) is 11.5 Å². The molecule has 2 aromatic rings. The van der Waals surface area contributed by atoms with Gasteiger partial charge in [-0.2, -0.15) is 0 Å². The monoisotopic (exact) mass is 402 g/mol. The second-order valence-corrected chi connectivity index (χ2v) is 5.72. The minimum atomic E-state index is -0.453. The highest BCUT2D eigenvalue weighted by atomic mass is 79.9. The summed E-state index contributed by atoms with van der Waals surface area (Å²) in [5.74, 6) is -0.335. The van der Waals surface area contributed by atoms with Crippen molar-refractivity contribution in [3.63, 3.8) is 0 Å². The largest absolute Gasteiger partial charge is 0.380 e. The molecule has 0 radical (unpaired) electrons. The summed E-state index contributed by atoms with van der Waals surface area (Å²) in [5, 5.41) is 13.7. The molecule has 0 bridgehead atoms. The van der Waals surface area contributed by atoms with Gasteiger partial charge >= 0.3 is 0 Å². The number of non-ortho nitro benzene ring substituents is 1. The molecule has 2 rings (SSSR count). The highest BCUT2D eigenvalue weighted by molar-refractivity contribution is 9.11. The minimum absolute atomic E-state index is 0.0209. The summed E-state index contributed by atoms with van der Waals surface area (Å²) in [5.41, 5.74) is 1.48. The Morgan fingerprint density at radius 3 is 2.55 bits per heavy atom. The molecule has 0 unspecified atom stereocenters. The van der Waals surface area contributed by atoms with Crippen LogP contribution in [0, 0.1) is 15.9 Å². The lowest BCUT2D eigenvalue weighted by molar-refractivity contribution is -0.384. The summed E-state index contributed by atoms with van der Waals surface area (Å²) in [4.78, 5) is 10.2. The van der Waals surface area contributed by atoms with Crippen molar-refractivity contribution in [2.75, 3.05) is 5.32 Å². The van der Waals surface area contributed by atoms with Gasteiger partial charge in [0, 0.05) is 27.6 Å². The van der Waals surface area contributed by atoms with Crippen molar-refractivity contribution >= 4 is 43.2 Å². The van der Waals surface area contributed by atoms with Crippen LogP contribution in [0.3, 0.4) is 0 Å². The lowest BCUT2D eigenvalue weighted by atomic mass is 10.2. The van der Waals surface area contributed by atoms with Crippen molar-refractivity contribution in [3.8, 4) is 0 Å². The van der Waals surface area contributed by atoms with Crippen LogP contribution in [0.4, 0.5) is 15.8 Å². The maximum Gasteiger partial charge on any atom is 0.270 e. The van der Waals surface area contributed by atoms with Gasteiger partial charge in [-0.3, -0.25) is 10.1 Å². The molecule has 0 saturated carbocycles. The number of hydrogen-bond acceptors (Lipinski definition) is 3. The number of nitrogens with zero attached hydrogens (tertiary/aromatic N) is 1. The molecule has 2 aromatic carbocycles. The zero-order valence-corrected chi connectivity index (χ0v) is 13.2. The molecule has 0 amide bonds. The maximum absolute atomic E-state index is 13.1. The van der Waals surface area contributed by atoms with E-state index < -0.39 is 4.92 Å². The number of benzene rings is 2. The van der Waals surface area contributed by atoms with Gasteiger partial charge in [-0.15, -0.1) is 0 Å². The zero-order chi connectivity index (χ0) is 14.7. The highest BCUT2D eigenvalue weighted by Crippen LogP contribution is 2.26. The smallest absolute Gasteiger partial charge is 0.270 e. The number of anilines is 1. The van der Waals surface area contributed by atoms with Crippen LogP contribution < -0.4 is 5.32 Å². The van der Waals surface area contributed by atoms with Gasteiger partial charge in [0.25, 0.3) is 5.69 Å².